The number of ether oxygens (including phenoxy) is 1. The van der Waals surface area contributed by atoms with Gasteiger partial charge in [0.25, 0.3) is 0 Å². The van der Waals surface area contributed by atoms with Crippen LogP contribution in [-0.2, 0) is 19.0 Å². The van der Waals surface area contributed by atoms with Crippen molar-refractivity contribution in [1.82, 2.24) is 0 Å². The molecule has 0 aromatic carbocycles. The predicted molar refractivity (Wildman–Crippen MR) is 92.9 cm³/mol. The predicted octanol–water partition coefficient (Wildman–Crippen LogP) is 4.89. The number of hydrogen-bond acceptors (Lipinski definition) is 4. The fourth-order valence-electron chi connectivity index (χ4n) is 5.45. The molecule has 4 nitrogen and oxygen atoms in total. The number of methoxy groups -OCH3 is 1. The first-order chi connectivity index (χ1) is 11.7. The quantitative estimate of drug-likeness (QED) is 0.498. The van der Waals surface area contributed by atoms with Crippen molar-refractivity contribution in [3.8, 4) is 0 Å². The molecule has 0 bridgehead atoms. The number of hydrogen-bond donors (Lipinski definition) is 0. The molecule has 0 amide bonds. The van der Waals surface area contributed by atoms with Gasteiger partial charge in [-0.1, -0.05) is 33.6 Å². The van der Waals surface area contributed by atoms with Gasteiger partial charge in [0, 0.05) is 7.11 Å². The van der Waals surface area contributed by atoms with Gasteiger partial charge in [-0.2, -0.15) is 21.6 Å². The van der Waals surface area contributed by atoms with Crippen LogP contribution >= 0.6 is 0 Å². The third kappa shape index (κ3) is 3.92. The Hall–Kier alpha value is -0.340. The summed E-state index contributed by atoms with van der Waals surface area (Å²) in [6, 6.07) is 0. The number of fused-ring (bicyclic) bond motifs is 1. The van der Waals surface area contributed by atoms with Crippen molar-refractivity contribution >= 4 is 10.1 Å². The molecule has 0 radical (unpaired) electrons. The normalized spacial score (nSPS) is 42.2. The Morgan fingerprint density at radius 1 is 1.15 bits per heavy atom. The fourth-order valence-corrected chi connectivity index (χ4v) is 6.00. The molecule has 0 aromatic heterocycles. The topological polar surface area (TPSA) is 52.6 Å². The number of rotatable bonds is 4. The Morgan fingerprint density at radius 2 is 1.77 bits per heavy atom. The zero-order chi connectivity index (χ0) is 20.0. The van der Waals surface area contributed by atoms with Crippen LogP contribution in [0.3, 0.4) is 0 Å². The van der Waals surface area contributed by atoms with E-state index in [0.717, 1.165) is 25.7 Å². The van der Waals surface area contributed by atoms with Crippen molar-refractivity contribution in [1.29, 1.82) is 0 Å². The van der Waals surface area contributed by atoms with Crippen LogP contribution in [0.15, 0.2) is 0 Å². The molecule has 4 unspecified atom stereocenters. The minimum absolute atomic E-state index is 0.0432. The maximum atomic E-state index is 12.7. The SMILES string of the molecule is COC1(C)CC(C)[C@@](C)(COS(=O)(=O)C(F)(F)F)CC2(C)CCCCC21. The van der Waals surface area contributed by atoms with Crippen LogP contribution in [0.5, 0.6) is 0 Å². The number of halogens is 3. The van der Waals surface area contributed by atoms with Gasteiger partial charge in [-0.3, -0.25) is 4.18 Å². The molecule has 8 heteroatoms. The molecule has 2 fully saturated rings. The van der Waals surface area contributed by atoms with Crippen LogP contribution in [0.25, 0.3) is 0 Å². The van der Waals surface area contributed by atoms with Crippen LogP contribution in [0.4, 0.5) is 13.2 Å². The molecule has 2 saturated carbocycles. The van der Waals surface area contributed by atoms with Crippen molar-refractivity contribution in [2.45, 2.75) is 77.3 Å². The van der Waals surface area contributed by atoms with E-state index in [-0.39, 0.29) is 22.9 Å². The Kier molecular flexibility index (Phi) is 5.84. The van der Waals surface area contributed by atoms with E-state index in [1.54, 1.807) is 7.11 Å². The van der Waals surface area contributed by atoms with Crippen LogP contribution in [0, 0.1) is 22.7 Å². The van der Waals surface area contributed by atoms with E-state index < -0.39 is 27.6 Å². The van der Waals surface area contributed by atoms with Crippen LogP contribution in [-0.4, -0.2) is 33.2 Å². The maximum Gasteiger partial charge on any atom is 0.523 e. The highest BCUT2D eigenvalue weighted by Gasteiger charge is 2.56. The zero-order valence-electron chi connectivity index (χ0n) is 16.3. The largest absolute Gasteiger partial charge is 0.523 e. The van der Waals surface area contributed by atoms with Crippen LogP contribution in [0.1, 0.15) is 66.2 Å². The van der Waals surface area contributed by atoms with Crippen molar-refractivity contribution in [2.75, 3.05) is 13.7 Å². The summed E-state index contributed by atoms with van der Waals surface area (Å²) < 4.78 is 71.3. The van der Waals surface area contributed by atoms with Gasteiger partial charge in [0.05, 0.1) is 12.2 Å². The van der Waals surface area contributed by atoms with Crippen molar-refractivity contribution < 1.29 is 30.5 Å². The lowest BCUT2D eigenvalue weighted by atomic mass is 9.58. The van der Waals surface area contributed by atoms with Crippen LogP contribution < -0.4 is 0 Å². The lowest BCUT2D eigenvalue weighted by Gasteiger charge is -2.49. The molecule has 2 aliphatic carbocycles. The molecule has 154 valence electrons. The van der Waals surface area contributed by atoms with E-state index >= 15 is 0 Å². The minimum Gasteiger partial charge on any atom is -0.378 e. The monoisotopic (exact) mass is 400 g/mol. The van der Waals surface area contributed by atoms with E-state index in [2.05, 4.69) is 18.0 Å². The molecule has 0 saturated heterocycles. The Labute approximate surface area is 154 Å². The summed E-state index contributed by atoms with van der Waals surface area (Å²) >= 11 is 0. The van der Waals surface area contributed by atoms with E-state index in [0.29, 0.717) is 12.8 Å². The summed E-state index contributed by atoms with van der Waals surface area (Å²) in [5, 5.41) is 0. The van der Waals surface area contributed by atoms with Crippen LogP contribution in [0.2, 0.25) is 0 Å². The summed E-state index contributed by atoms with van der Waals surface area (Å²) in [7, 11) is -3.90. The summed E-state index contributed by atoms with van der Waals surface area (Å²) in [6.45, 7) is 7.60. The third-order valence-electron chi connectivity index (χ3n) is 7.07. The van der Waals surface area contributed by atoms with Gasteiger partial charge in [-0.25, -0.2) is 0 Å². The molecule has 0 N–H and O–H groups in total. The smallest absolute Gasteiger partial charge is 0.378 e. The highest BCUT2D eigenvalue weighted by Crippen LogP contribution is 2.59. The number of alkyl halides is 3. The zero-order valence-corrected chi connectivity index (χ0v) is 17.1. The second-order valence-electron chi connectivity index (χ2n) is 9.07. The molecular weight excluding hydrogens is 369 g/mol. The van der Waals surface area contributed by atoms with E-state index in [1.165, 1.54) is 0 Å². The molecule has 0 aliphatic heterocycles. The summed E-state index contributed by atoms with van der Waals surface area (Å²) in [5.74, 6) is 0.246. The fraction of sp³-hybridized carbons (Fsp3) is 1.00. The summed E-state index contributed by atoms with van der Waals surface area (Å²) in [4.78, 5) is 0. The lowest BCUT2D eigenvalue weighted by molar-refractivity contribution is -0.105. The van der Waals surface area contributed by atoms with Gasteiger partial charge in [0.15, 0.2) is 0 Å². The van der Waals surface area contributed by atoms with E-state index in [1.807, 2.05) is 13.8 Å². The molecule has 0 aromatic rings. The first-order valence-electron chi connectivity index (χ1n) is 9.20. The molecular formula is C18H31F3O4S. The summed E-state index contributed by atoms with van der Waals surface area (Å²) in [5.41, 5.74) is -6.57. The molecule has 0 spiro atoms. The van der Waals surface area contributed by atoms with E-state index in [9.17, 15) is 21.6 Å². The van der Waals surface area contributed by atoms with Gasteiger partial charge in [-0.05, 0) is 55.3 Å². The first-order valence-corrected chi connectivity index (χ1v) is 10.6. The Bertz CT molecular complexity index is 620. The van der Waals surface area contributed by atoms with Gasteiger partial charge in [0.2, 0.25) is 0 Å². The average Bonchev–Trinajstić information content (AvgIpc) is 2.57. The first kappa shape index (κ1) is 22.0. The molecule has 0 heterocycles. The van der Waals surface area contributed by atoms with Gasteiger partial charge >= 0.3 is 15.6 Å². The van der Waals surface area contributed by atoms with Crippen molar-refractivity contribution in [2.24, 2.45) is 22.7 Å². The van der Waals surface area contributed by atoms with Crippen molar-refractivity contribution in [3.05, 3.63) is 0 Å². The second-order valence-corrected chi connectivity index (χ2v) is 10.7. The van der Waals surface area contributed by atoms with Gasteiger partial charge in [0.1, 0.15) is 0 Å². The maximum absolute atomic E-state index is 12.7. The minimum atomic E-state index is -5.59. The molecule has 2 rings (SSSR count). The summed E-state index contributed by atoms with van der Waals surface area (Å²) in [6.07, 6.45) is 5.45. The Morgan fingerprint density at radius 3 is 2.31 bits per heavy atom. The standard InChI is InChI=1S/C18H31F3O4S/c1-13-10-17(4,24-5)14-8-6-7-9-15(14,2)11-16(13,3)12-25-26(22,23)18(19,20)21/h13-14H,6-12H2,1-5H3/t13?,14?,15?,16-,17?/m1/s1. The molecule has 5 atom stereocenters. The van der Waals surface area contributed by atoms with Crippen molar-refractivity contribution in [3.63, 3.8) is 0 Å². The Balaban J connectivity index is 2.34. The van der Waals surface area contributed by atoms with Gasteiger partial charge in [-0.15, -0.1) is 0 Å². The van der Waals surface area contributed by atoms with E-state index in [4.69, 9.17) is 4.74 Å². The third-order valence-corrected chi connectivity index (χ3v) is 8.07. The average molecular weight is 401 g/mol. The second kappa shape index (κ2) is 6.92. The highest BCUT2D eigenvalue weighted by atomic mass is 32.2. The van der Waals surface area contributed by atoms with Gasteiger partial charge < -0.3 is 4.74 Å². The molecule has 26 heavy (non-hydrogen) atoms. The highest BCUT2D eigenvalue weighted by molar-refractivity contribution is 7.87. The molecule has 2 aliphatic rings. The lowest BCUT2D eigenvalue weighted by Crippen LogP contribution is -2.46.